The molecule has 0 aliphatic heterocycles. The molecule has 1 aromatic heterocycles. The Morgan fingerprint density at radius 1 is 1.30 bits per heavy atom. The van der Waals surface area contributed by atoms with Crippen LogP contribution in [0.5, 0.6) is 5.88 Å². The Hall–Kier alpha value is -2.01. The zero-order valence-corrected chi connectivity index (χ0v) is 13.9. The number of amides is 1. The predicted molar refractivity (Wildman–Crippen MR) is 92.0 cm³/mol. The highest BCUT2D eigenvalue weighted by Crippen LogP contribution is 2.51. The van der Waals surface area contributed by atoms with E-state index in [0.29, 0.717) is 24.6 Å². The van der Waals surface area contributed by atoms with E-state index in [1.54, 1.807) is 18.3 Å². The smallest absolute Gasteiger partial charge is 0.251 e. The third-order valence-corrected chi connectivity index (χ3v) is 5.24. The van der Waals surface area contributed by atoms with Crippen LogP contribution in [0.1, 0.15) is 30.1 Å². The zero-order chi connectivity index (χ0) is 16.1. The molecule has 0 atom stereocenters. The number of ether oxygens (including phenoxy) is 1. The van der Waals surface area contributed by atoms with Gasteiger partial charge in [-0.15, -0.1) is 11.8 Å². The highest BCUT2D eigenvalue weighted by atomic mass is 32.2. The van der Waals surface area contributed by atoms with Gasteiger partial charge in [0.2, 0.25) is 5.88 Å². The number of hydrogen-bond donors (Lipinski definition) is 1. The number of aromatic nitrogens is 1. The standard InChI is InChI=1S/C18H20N2O2S/c1-2-22-16-12-14(8-11-19-16)17(21)20-13-18(9-10-18)23-15-6-4-3-5-7-15/h3-8,11-12H,2,9-10,13H2,1H3,(H,20,21). The molecule has 1 heterocycles. The SMILES string of the molecule is CCOc1cc(C(=O)NCC2(Sc3ccccc3)CC2)ccn1. The van der Waals surface area contributed by atoms with Crippen LogP contribution in [0.25, 0.3) is 0 Å². The minimum atomic E-state index is -0.0757. The number of carbonyl (C=O) groups is 1. The van der Waals surface area contributed by atoms with Crippen LogP contribution in [0.3, 0.4) is 0 Å². The van der Waals surface area contributed by atoms with E-state index >= 15 is 0 Å². The van der Waals surface area contributed by atoms with Crippen molar-refractivity contribution >= 4 is 17.7 Å². The second-order valence-electron chi connectivity index (χ2n) is 5.60. The maximum absolute atomic E-state index is 12.3. The van der Waals surface area contributed by atoms with E-state index < -0.39 is 0 Å². The van der Waals surface area contributed by atoms with E-state index in [2.05, 4.69) is 22.4 Å². The van der Waals surface area contributed by atoms with Crippen molar-refractivity contribution in [2.24, 2.45) is 0 Å². The van der Waals surface area contributed by atoms with Crippen molar-refractivity contribution in [2.75, 3.05) is 13.2 Å². The fourth-order valence-corrected chi connectivity index (χ4v) is 3.56. The third-order valence-electron chi connectivity index (χ3n) is 3.75. The Kier molecular flexibility index (Phi) is 4.86. The first-order valence-electron chi connectivity index (χ1n) is 7.82. The minimum Gasteiger partial charge on any atom is -0.478 e. The topological polar surface area (TPSA) is 51.2 Å². The normalized spacial score (nSPS) is 15.0. The summed E-state index contributed by atoms with van der Waals surface area (Å²) in [5, 5.41) is 3.05. The molecular weight excluding hydrogens is 308 g/mol. The summed E-state index contributed by atoms with van der Waals surface area (Å²) in [6, 6.07) is 13.7. The molecule has 0 unspecified atom stereocenters. The first-order chi connectivity index (χ1) is 11.2. The molecule has 1 aromatic carbocycles. The summed E-state index contributed by atoms with van der Waals surface area (Å²) in [6.07, 6.45) is 3.87. The Morgan fingerprint density at radius 3 is 2.78 bits per heavy atom. The summed E-state index contributed by atoms with van der Waals surface area (Å²) in [7, 11) is 0. The summed E-state index contributed by atoms with van der Waals surface area (Å²) < 4.78 is 5.48. The second-order valence-corrected chi connectivity index (χ2v) is 7.14. The molecule has 23 heavy (non-hydrogen) atoms. The van der Waals surface area contributed by atoms with E-state index in [9.17, 15) is 4.79 Å². The van der Waals surface area contributed by atoms with Crippen molar-refractivity contribution in [3.63, 3.8) is 0 Å². The number of thioether (sulfide) groups is 1. The monoisotopic (exact) mass is 328 g/mol. The largest absolute Gasteiger partial charge is 0.478 e. The van der Waals surface area contributed by atoms with Gasteiger partial charge in [0, 0.05) is 34.0 Å². The average molecular weight is 328 g/mol. The molecule has 0 bridgehead atoms. The lowest BCUT2D eigenvalue weighted by molar-refractivity contribution is 0.0952. The molecule has 1 amide bonds. The van der Waals surface area contributed by atoms with E-state index in [-0.39, 0.29) is 10.7 Å². The maximum Gasteiger partial charge on any atom is 0.251 e. The molecule has 1 N–H and O–H groups in total. The summed E-state index contributed by atoms with van der Waals surface area (Å²) in [5.74, 6) is 0.410. The second kappa shape index (κ2) is 7.04. The Balaban J connectivity index is 1.57. The number of hydrogen-bond acceptors (Lipinski definition) is 4. The number of pyridine rings is 1. The van der Waals surface area contributed by atoms with Gasteiger partial charge >= 0.3 is 0 Å². The number of nitrogens with one attached hydrogen (secondary N) is 1. The molecule has 1 saturated carbocycles. The van der Waals surface area contributed by atoms with Crippen LogP contribution in [0, 0.1) is 0 Å². The van der Waals surface area contributed by atoms with Gasteiger partial charge in [0.25, 0.3) is 5.91 Å². The average Bonchev–Trinajstić information content (AvgIpc) is 3.34. The number of benzene rings is 1. The Morgan fingerprint density at radius 2 is 2.09 bits per heavy atom. The summed E-state index contributed by atoms with van der Waals surface area (Å²) in [4.78, 5) is 17.7. The molecule has 5 heteroatoms. The lowest BCUT2D eigenvalue weighted by Crippen LogP contribution is -2.31. The number of rotatable bonds is 7. The van der Waals surface area contributed by atoms with Gasteiger partial charge < -0.3 is 10.1 Å². The van der Waals surface area contributed by atoms with Gasteiger partial charge in [-0.1, -0.05) is 18.2 Å². The van der Waals surface area contributed by atoms with Crippen molar-refractivity contribution in [3.05, 3.63) is 54.2 Å². The van der Waals surface area contributed by atoms with Crippen LogP contribution >= 0.6 is 11.8 Å². The summed E-state index contributed by atoms with van der Waals surface area (Å²) >= 11 is 1.85. The van der Waals surface area contributed by atoms with Crippen LogP contribution < -0.4 is 10.1 Å². The van der Waals surface area contributed by atoms with Crippen molar-refractivity contribution in [3.8, 4) is 5.88 Å². The van der Waals surface area contributed by atoms with Gasteiger partial charge in [-0.05, 0) is 38.0 Å². The number of nitrogens with zero attached hydrogens (tertiary/aromatic N) is 1. The summed E-state index contributed by atoms with van der Waals surface area (Å²) in [6.45, 7) is 3.11. The molecule has 0 radical (unpaired) electrons. The van der Waals surface area contributed by atoms with Crippen LogP contribution in [-0.4, -0.2) is 28.8 Å². The first kappa shape index (κ1) is 15.9. The van der Waals surface area contributed by atoms with E-state index in [0.717, 1.165) is 12.8 Å². The highest BCUT2D eigenvalue weighted by molar-refractivity contribution is 8.01. The fourth-order valence-electron chi connectivity index (χ4n) is 2.31. The fraction of sp³-hybridized carbons (Fsp3) is 0.333. The van der Waals surface area contributed by atoms with Crippen LogP contribution in [0.2, 0.25) is 0 Å². The summed E-state index contributed by atoms with van der Waals surface area (Å²) in [5.41, 5.74) is 0.587. The predicted octanol–water partition coefficient (Wildman–Crippen LogP) is 3.54. The van der Waals surface area contributed by atoms with E-state index in [1.807, 2.05) is 36.9 Å². The van der Waals surface area contributed by atoms with Crippen molar-refractivity contribution in [1.82, 2.24) is 10.3 Å². The van der Waals surface area contributed by atoms with Crippen molar-refractivity contribution in [2.45, 2.75) is 29.4 Å². The molecule has 3 rings (SSSR count). The third kappa shape index (κ3) is 4.26. The lowest BCUT2D eigenvalue weighted by Gasteiger charge is -2.16. The molecule has 120 valence electrons. The zero-order valence-electron chi connectivity index (χ0n) is 13.1. The van der Waals surface area contributed by atoms with Gasteiger partial charge in [-0.2, -0.15) is 0 Å². The molecule has 0 saturated heterocycles. The van der Waals surface area contributed by atoms with Gasteiger partial charge in [0.15, 0.2) is 0 Å². The van der Waals surface area contributed by atoms with E-state index in [4.69, 9.17) is 4.74 Å². The highest BCUT2D eigenvalue weighted by Gasteiger charge is 2.43. The quantitative estimate of drug-likeness (QED) is 0.845. The van der Waals surface area contributed by atoms with Crippen molar-refractivity contribution < 1.29 is 9.53 Å². The minimum absolute atomic E-state index is 0.0757. The molecule has 0 spiro atoms. The van der Waals surface area contributed by atoms with Crippen molar-refractivity contribution in [1.29, 1.82) is 0 Å². The van der Waals surface area contributed by atoms with Crippen LogP contribution in [0.4, 0.5) is 0 Å². The maximum atomic E-state index is 12.3. The van der Waals surface area contributed by atoms with Crippen LogP contribution in [-0.2, 0) is 0 Å². The number of carbonyl (C=O) groups excluding carboxylic acids is 1. The van der Waals surface area contributed by atoms with Gasteiger partial charge in [-0.3, -0.25) is 4.79 Å². The van der Waals surface area contributed by atoms with Gasteiger partial charge in [0.05, 0.1) is 6.61 Å². The van der Waals surface area contributed by atoms with Crippen LogP contribution in [0.15, 0.2) is 53.6 Å². The molecule has 4 nitrogen and oxygen atoms in total. The molecule has 2 aromatic rings. The Labute approximate surface area is 140 Å². The Bertz CT molecular complexity index is 672. The molecular formula is C18H20N2O2S. The van der Waals surface area contributed by atoms with E-state index in [1.165, 1.54) is 4.90 Å². The molecule has 1 fully saturated rings. The molecule has 1 aliphatic rings. The lowest BCUT2D eigenvalue weighted by atomic mass is 10.2. The van der Waals surface area contributed by atoms with Gasteiger partial charge in [-0.25, -0.2) is 4.98 Å². The van der Waals surface area contributed by atoms with Gasteiger partial charge in [0.1, 0.15) is 0 Å². The molecule has 1 aliphatic carbocycles. The first-order valence-corrected chi connectivity index (χ1v) is 8.63.